The van der Waals surface area contributed by atoms with Crippen LogP contribution >= 0.6 is 0 Å². The molecule has 1 fully saturated rings. The van der Waals surface area contributed by atoms with Crippen molar-refractivity contribution in [1.29, 1.82) is 0 Å². The van der Waals surface area contributed by atoms with Crippen LogP contribution in [0.3, 0.4) is 0 Å². The summed E-state index contributed by atoms with van der Waals surface area (Å²) in [6.07, 6.45) is 1.40. The van der Waals surface area contributed by atoms with Gasteiger partial charge in [0.15, 0.2) is 0 Å². The third-order valence-electron chi connectivity index (χ3n) is 5.80. The van der Waals surface area contributed by atoms with Crippen molar-refractivity contribution >= 4 is 23.4 Å². The van der Waals surface area contributed by atoms with Gasteiger partial charge in [-0.25, -0.2) is 0 Å². The van der Waals surface area contributed by atoms with E-state index in [1.54, 1.807) is 24.3 Å². The van der Waals surface area contributed by atoms with Gasteiger partial charge in [0.05, 0.1) is 0 Å². The Hall–Kier alpha value is -3.93. The van der Waals surface area contributed by atoms with Crippen LogP contribution in [0.1, 0.15) is 40.5 Å². The zero-order chi connectivity index (χ0) is 23.2. The van der Waals surface area contributed by atoms with E-state index >= 15 is 0 Å². The monoisotopic (exact) mass is 441 g/mol. The van der Waals surface area contributed by atoms with E-state index in [0.29, 0.717) is 42.7 Å². The molecule has 0 aliphatic carbocycles. The van der Waals surface area contributed by atoms with Crippen LogP contribution in [-0.2, 0) is 4.79 Å². The van der Waals surface area contributed by atoms with E-state index in [1.165, 1.54) is 6.92 Å². The molecule has 0 spiro atoms. The van der Waals surface area contributed by atoms with Crippen molar-refractivity contribution in [2.24, 2.45) is 0 Å². The van der Waals surface area contributed by atoms with Crippen LogP contribution in [0, 0.1) is 0 Å². The summed E-state index contributed by atoms with van der Waals surface area (Å²) in [6, 6.07) is 24.6. The highest BCUT2D eigenvalue weighted by atomic mass is 16.2. The average Bonchev–Trinajstić information content (AvgIpc) is 2.84. The topological polar surface area (TPSA) is 78.5 Å². The molecular formula is C27H27N3O3. The Morgan fingerprint density at radius 3 is 2.12 bits per heavy atom. The lowest BCUT2D eigenvalue weighted by atomic mass is 10.0. The predicted molar refractivity (Wildman–Crippen MR) is 129 cm³/mol. The Morgan fingerprint density at radius 2 is 1.45 bits per heavy atom. The Morgan fingerprint density at radius 1 is 0.788 bits per heavy atom. The summed E-state index contributed by atoms with van der Waals surface area (Å²) < 4.78 is 0. The van der Waals surface area contributed by atoms with Crippen molar-refractivity contribution < 1.29 is 14.4 Å². The maximum absolute atomic E-state index is 12.9. The molecule has 0 radical (unpaired) electrons. The van der Waals surface area contributed by atoms with Gasteiger partial charge in [0.2, 0.25) is 5.91 Å². The Balaban J connectivity index is 1.31. The lowest BCUT2D eigenvalue weighted by Crippen LogP contribution is -2.46. The van der Waals surface area contributed by atoms with Crippen molar-refractivity contribution in [2.45, 2.75) is 25.8 Å². The van der Waals surface area contributed by atoms with E-state index in [0.717, 1.165) is 11.1 Å². The van der Waals surface area contributed by atoms with Gasteiger partial charge in [-0.15, -0.1) is 0 Å². The number of nitrogens with one attached hydrogen (secondary N) is 2. The predicted octanol–water partition coefficient (Wildman–Crippen LogP) is 4.35. The summed E-state index contributed by atoms with van der Waals surface area (Å²) in [5.41, 5.74) is 3.96. The normalized spacial score (nSPS) is 13.9. The molecule has 33 heavy (non-hydrogen) atoms. The number of piperidine rings is 1. The molecule has 0 bridgehead atoms. The van der Waals surface area contributed by atoms with Crippen LogP contribution in [0.4, 0.5) is 5.69 Å². The highest BCUT2D eigenvalue weighted by Crippen LogP contribution is 2.21. The average molecular weight is 442 g/mol. The molecule has 168 valence electrons. The minimum atomic E-state index is -0.181. The molecule has 0 saturated carbocycles. The molecule has 3 aromatic rings. The van der Waals surface area contributed by atoms with Gasteiger partial charge >= 0.3 is 0 Å². The number of anilines is 1. The number of likely N-dealkylation sites (tertiary alicyclic amines) is 1. The molecule has 2 N–H and O–H groups in total. The molecular weight excluding hydrogens is 414 g/mol. The van der Waals surface area contributed by atoms with E-state index in [1.807, 2.05) is 59.5 Å². The van der Waals surface area contributed by atoms with E-state index in [9.17, 15) is 14.4 Å². The summed E-state index contributed by atoms with van der Waals surface area (Å²) in [7, 11) is 0. The minimum absolute atomic E-state index is 0.00595. The van der Waals surface area contributed by atoms with Gasteiger partial charge in [-0.3, -0.25) is 14.4 Å². The first-order valence-electron chi connectivity index (χ1n) is 11.1. The molecule has 6 nitrogen and oxygen atoms in total. The molecule has 0 aromatic heterocycles. The van der Waals surface area contributed by atoms with Crippen LogP contribution in [0.15, 0.2) is 78.9 Å². The van der Waals surface area contributed by atoms with Crippen LogP contribution in [0.5, 0.6) is 0 Å². The van der Waals surface area contributed by atoms with Gasteiger partial charge in [-0.05, 0) is 54.3 Å². The zero-order valence-corrected chi connectivity index (χ0v) is 18.6. The van der Waals surface area contributed by atoms with Crippen molar-refractivity contribution in [3.05, 3.63) is 90.0 Å². The molecule has 3 aromatic carbocycles. The SMILES string of the molecule is CC(=O)Nc1cccc(C(=O)NC2CCN(C(=O)c3ccc(-c4ccccc4)cc3)CC2)c1. The number of benzene rings is 3. The molecule has 3 amide bonds. The van der Waals surface area contributed by atoms with Crippen molar-refractivity contribution in [1.82, 2.24) is 10.2 Å². The second-order valence-corrected chi connectivity index (χ2v) is 8.25. The smallest absolute Gasteiger partial charge is 0.253 e. The lowest BCUT2D eigenvalue weighted by Gasteiger charge is -2.32. The summed E-state index contributed by atoms with van der Waals surface area (Å²) >= 11 is 0. The van der Waals surface area contributed by atoms with Gasteiger partial charge in [-0.1, -0.05) is 48.5 Å². The van der Waals surface area contributed by atoms with Crippen molar-refractivity contribution in [3.63, 3.8) is 0 Å². The summed E-state index contributed by atoms with van der Waals surface area (Å²) in [5, 5.41) is 5.74. The fourth-order valence-corrected chi connectivity index (χ4v) is 4.06. The first-order chi connectivity index (χ1) is 16.0. The number of carbonyl (C=O) groups is 3. The molecule has 0 atom stereocenters. The molecule has 1 aliphatic heterocycles. The summed E-state index contributed by atoms with van der Waals surface area (Å²) in [4.78, 5) is 38.6. The molecule has 1 heterocycles. The van der Waals surface area contributed by atoms with Gasteiger partial charge in [0.25, 0.3) is 11.8 Å². The highest BCUT2D eigenvalue weighted by molar-refractivity contribution is 5.97. The Labute approximate surface area is 193 Å². The maximum Gasteiger partial charge on any atom is 0.253 e. The minimum Gasteiger partial charge on any atom is -0.349 e. The number of amides is 3. The van der Waals surface area contributed by atoms with Gasteiger partial charge in [0.1, 0.15) is 0 Å². The van der Waals surface area contributed by atoms with Crippen LogP contribution in [0.2, 0.25) is 0 Å². The molecule has 0 unspecified atom stereocenters. The third-order valence-corrected chi connectivity index (χ3v) is 5.80. The molecule has 6 heteroatoms. The van der Waals surface area contributed by atoms with Crippen molar-refractivity contribution in [2.75, 3.05) is 18.4 Å². The van der Waals surface area contributed by atoms with Crippen molar-refractivity contribution in [3.8, 4) is 11.1 Å². The maximum atomic E-state index is 12.9. The fraction of sp³-hybridized carbons (Fsp3) is 0.222. The first kappa shape index (κ1) is 22.3. The number of hydrogen-bond donors (Lipinski definition) is 2. The number of carbonyl (C=O) groups excluding carboxylic acids is 3. The van der Waals surface area contributed by atoms with Crippen LogP contribution in [-0.4, -0.2) is 41.8 Å². The lowest BCUT2D eigenvalue weighted by molar-refractivity contribution is -0.114. The second-order valence-electron chi connectivity index (χ2n) is 8.25. The number of nitrogens with zero attached hydrogens (tertiary/aromatic N) is 1. The Kier molecular flexibility index (Phi) is 6.83. The van der Waals surface area contributed by atoms with E-state index in [4.69, 9.17) is 0 Å². The molecule has 1 aliphatic rings. The third kappa shape index (κ3) is 5.66. The summed E-state index contributed by atoms with van der Waals surface area (Å²) in [6.45, 7) is 2.62. The van der Waals surface area contributed by atoms with E-state index in [-0.39, 0.29) is 23.8 Å². The number of hydrogen-bond acceptors (Lipinski definition) is 3. The second kappa shape index (κ2) is 10.1. The number of rotatable bonds is 5. The highest BCUT2D eigenvalue weighted by Gasteiger charge is 2.25. The first-order valence-corrected chi connectivity index (χ1v) is 11.1. The largest absolute Gasteiger partial charge is 0.349 e. The standard InChI is InChI=1S/C27H27N3O3/c1-19(31)28-25-9-5-8-23(18-25)26(32)29-24-14-16-30(17-15-24)27(33)22-12-10-21(11-13-22)20-6-3-2-4-7-20/h2-13,18,24H,14-17H2,1H3,(H,28,31)(H,29,32). The Bertz CT molecular complexity index is 1130. The van der Waals surface area contributed by atoms with Crippen LogP contribution < -0.4 is 10.6 Å². The van der Waals surface area contributed by atoms with E-state index < -0.39 is 0 Å². The molecule has 4 rings (SSSR count). The van der Waals surface area contributed by atoms with Crippen LogP contribution in [0.25, 0.3) is 11.1 Å². The van der Waals surface area contributed by atoms with Gasteiger partial charge < -0.3 is 15.5 Å². The van der Waals surface area contributed by atoms with E-state index in [2.05, 4.69) is 10.6 Å². The van der Waals surface area contributed by atoms with Gasteiger partial charge in [0, 0.05) is 42.9 Å². The quantitative estimate of drug-likeness (QED) is 0.618. The fourth-order valence-electron chi connectivity index (χ4n) is 4.06. The zero-order valence-electron chi connectivity index (χ0n) is 18.6. The van der Waals surface area contributed by atoms with Gasteiger partial charge in [-0.2, -0.15) is 0 Å². The summed E-state index contributed by atoms with van der Waals surface area (Å²) in [5.74, 6) is -0.342. The molecule has 1 saturated heterocycles.